The quantitative estimate of drug-likeness (QED) is 0.0306. The first-order chi connectivity index (χ1) is 43.0. The van der Waals surface area contributed by atoms with Gasteiger partial charge in [0.15, 0.2) is 6.29 Å². The topological polar surface area (TPSA) is 120 Å². The van der Waals surface area contributed by atoms with E-state index in [4.69, 9.17) is 80.8 Å². The van der Waals surface area contributed by atoms with Gasteiger partial charge in [-0.2, -0.15) is 0 Å². The third-order valence-corrected chi connectivity index (χ3v) is 9.79. The molecule has 0 bridgehead atoms. The van der Waals surface area contributed by atoms with E-state index < -0.39 is 0 Å². The maximum absolute atomic E-state index is 5.58. The molecule has 0 aliphatic heterocycles. The van der Waals surface area contributed by atoms with Gasteiger partial charge < -0.3 is 61.6 Å². The standard InChI is InChI=1S/C10H22O.C9H20O.C9H16O.C8H18O.C8H14O.C7H16O3.C7H16O.C7H12O.C6H14O.C6H12O.C5H12O/c1-5-6-7-8-9-11-10(2,3)4;2*1-5-6-7-8-10-9(2,3)4;2*1-5-6-7-9-8(2,3)4;1-6(2)10-5-7(8-3)9-4;2*1-5-6-8-7(2,3)4;1-5-7-6(2,3)4;1-4-5-7-6(2)3;1-5(2,3)6-4/h5-9H2,1-4H3;5-8H2,1-4H3;1H,6-8H2,2-4H3;5-7H2,1-4H3;1H,6-7H2,2-4H3;6-7H,5H2,1-4H3;5-6H2,1-4H3;1H,6H2,2-4H3;5H2,1-4H3;4,6H,1,5H2,2-3H3;1-4H3. The molecule has 0 radical (unpaired) electrons. The summed E-state index contributed by atoms with van der Waals surface area (Å²) in [5, 5.41) is 0. The molecular formula is C82H172O13. The molecule has 0 spiro atoms. The molecule has 0 amide bonds. The SMILES string of the molecule is C#CCCCOC(C)(C)C.C#CCCOC(C)(C)C.C#CCOC(C)(C)C.C=CCOC(C)C.CCCCCCOC(C)(C)C.CCCCCOC(C)(C)C.CCCCOC(C)(C)C.CCCOC(C)(C)C.CCOC(C)(C)C.COC(C)(C)C.COC(COC(C)C)OC. The fourth-order valence-corrected chi connectivity index (χ4v) is 4.99. The van der Waals surface area contributed by atoms with Gasteiger partial charge in [0, 0.05) is 73.8 Å². The van der Waals surface area contributed by atoms with E-state index in [0.29, 0.717) is 39.0 Å². The summed E-state index contributed by atoms with van der Waals surface area (Å²) in [5.74, 6) is 7.49. The van der Waals surface area contributed by atoms with Gasteiger partial charge >= 0.3 is 0 Å². The Hall–Kier alpha value is -2.10. The van der Waals surface area contributed by atoms with Crippen LogP contribution in [0.15, 0.2) is 12.7 Å². The molecule has 0 aliphatic rings. The van der Waals surface area contributed by atoms with E-state index in [-0.39, 0.29) is 62.8 Å². The smallest absolute Gasteiger partial charge is 0.180 e. The van der Waals surface area contributed by atoms with Crippen LogP contribution in [0.4, 0.5) is 0 Å². The molecule has 0 heterocycles. The summed E-state index contributed by atoms with van der Waals surface area (Å²) in [6.45, 7) is 85.0. The van der Waals surface area contributed by atoms with Crippen molar-refractivity contribution in [1.82, 2.24) is 0 Å². The van der Waals surface area contributed by atoms with Crippen molar-refractivity contribution in [1.29, 1.82) is 0 Å². The van der Waals surface area contributed by atoms with Gasteiger partial charge in [0.05, 0.1) is 82.4 Å². The Labute approximate surface area is 597 Å². The van der Waals surface area contributed by atoms with Crippen LogP contribution in [0.5, 0.6) is 0 Å². The monoisotopic (exact) mass is 1370 g/mol. The van der Waals surface area contributed by atoms with Gasteiger partial charge in [0.1, 0.15) is 6.61 Å². The van der Waals surface area contributed by atoms with Crippen LogP contribution in [-0.4, -0.2) is 156 Å². The predicted octanol–water partition coefficient (Wildman–Crippen LogP) is 22.5. The Morgan fingerprint density at radius 3 is 0.863 bits per heavy atom. The summed E-state index contributed by atoms with van der Waals surface area (Å²) in [4.78, 5) is 0. The van der Waals surface area contributed by atoms with E-state index in [0.717, 1.165) is 58.9 Å². The molecule has 0 aromatic heterocycles. The molecule has 13 heteroatoms. The molecule has 0 N–H and O–H groups in total. The Balaban J connectivity index is -0.0000000911. The van der Waals surface area contributed by atoms with Crippen molar-refractivity contribution < 1.29 is 61.6 Å². The molecule has 578 valence electrons. The third kappa shape index (κ3) is 194. The second-order valence-corrected chi connectivity index (χ2v) is 31.6. The number of unbranched alkanes of at least 4 members (excludes halogenated alkanes) is 7. The zero-order valence-corrected chi connectivity index (χ0v) is 71.3. The zero-order chi connectivity index (χ0) is 77.5. The van der Waals surface area contributed by atoms with Crippen LogP contribution in [0.2, 0.25) is 0 Å². The summed E-state index contributed by atoms with van der Waals surface area (Å²) >= 11 is 0. The zero-order valence-electron chi connectivity index (χ0n) is 71.3. The minimum atomic E-state index is -0.234. The minimum absolute atomic E-state index is 0.0192. The van der Waals surface area contributed by atoms with E-state index in [1.165, 1.54) is 57.8 Å². The molecule has 0 aromatic rings. The Morgan fingerprint density at radius 1 is 0.337 bits per heavy atom. The van der Waals surface area contributed by atoms with Crippen LogP contribution in [0, 0.1) is 37.0 Å². The minimum Gasteiger partial charge on any atom is -0.379 e. The maximum Gasteiger partial charge on any atom is 0.180 e. The fraction of sp³-hybridized carbons (Fsp3) is 0.902. The lowest BCUT2D eigenvalue weighted by Gasteiger charge is -2.19. The lowest BCUT2D eigenvalue weighted by Crippen LogP contribution is -2.22. The Kier molecular flexibility index (Phi) is 91.8. The highest BCUT2D eigenvalue weighted by Crippen LogP contribution is 2.12. The average Bonchev–Trinajstić information content (AvgIpc) is 3.39. The van der Waals surface area contributed by atoms with E-state index in [2.05, 4.69) is 156 Å². The molecule has 13 nitrogen and oxygen atoms in total. The molecule has 0 saturated heterocycles. The highest BCUT2D eigenvalue weighted by atomic mass is 16.7. The van der Waals surface area contributed by atoms with Gasteiger partial charge in [-0.1, -0.05) is 78.2 Å². The van der Waals surface area contributed by atoms with Crippen LogP contribution in [0.3, 0.4) is 0 Å². The Morgan fingerprint density at radius 2 is 0.642 bits per heavy atom. The van der Waals surface area contributed by atoms with Crippen molar-refractivity contribution in [3.8, 4) is 37.0 Å². The molecule has 0 rings (SSSR count). The van der Waals surface area contributed by atoms with E-state index in [1.54, 1.807) is 27.4 Å². The van der Waals surface area contributed by atoms with Crippen LogP contribution >= 0.6 is 0 Å². The second-order valence-electron chi connectivity index (χ2n) is 31.6. The van der Waals surface area contributed by atoms with Gasteiger partial charge in [-0.3, -0.25) is 0 Å². The number of terminal acetylenes is 3. The number of hydrogen-bond acceptors (Lipinski definition) is 13. The molecule has 0 atom stereocenters. The van der Waals surface area contributed by atoms with Crippen LogP contribution in [0.1, 0.15) is 333 Å². The molecule has 0 unspecified atom stereocenters. The molecule has 0 fully saturated rings. The molecular weight excluding hydrogens is 1190 g/mol. The largest absolute Gasteiger partial charge is 0.379 e. The van der Waals surface area contributed by atoms with Crippen molar-refractivity contribution in [2.45, 2.75) is 402 Å². The van der Waals surface area contributed by atoms with Crippen molar-refractivity contribution in [3.05, 3.63) is 12.7 Å². The molecule has 95 heavy (non-hydrogen) atoms. The van der Waals surface area contributed by atoms with Gasteiger partial charge in [-0.05, 0) is 254 Å². The highest BCUT2D eigenvalue weighted by Gasteiger charge is 2.13. The molecule has 0 aliphatic carbocycles. The van der Waals surface area contributed by atoms with Gasteiger partial charge in [0.2, 0.25) is 0 Å². The number of methoxy groups -OCH3 is 3. The Bertz CT molecular complexity index is 1590. The first-order valence-electron chi connectivity index (χ1n) is 35.9. The van der Waals surface area contributed by atoms with E-state index >= 15 is 0 Å². The van der Waals surface area contributed by atoms with Crippen molar-refractivity contribution in [2.75, 3.05) is 87.4 Å². The fourth-order valence-electron chi connectivity index (χ4n) is 4.99. The number of ether oxygens (including phenoxy) is 13. The highest BCUT2D eigenvalue weighted by molar-refractivity contribution is 4.84. The summed E-state index contributed by atoms with van der Waals surface area (Å²) in [6.07, 6.45) is 32.1. The van der Waals surface area contributed by atoms with E-state index in [1.807, 2.05) is 118 Å². The first kappa shape index (κ1) is 117. The van der Waals surface area contributed by atoms with Crippen LogP contribution < -0.4 is 0 Å². The lowest BCUT2D eigenvalue weighted by atomic mass is 10.2. The van der Waals surface area contributed by atoms with Gasteiger partial charge in [-0.15, -0.1) is 37.7 Å². The second kappa shape index (κ2) is 74.6. The average molecular weight is 1370 g/mol. The summed E-state index contributed by atoms with van der Waals surface area (Å²) in [5.41, 5.74) is 0.137. The van der Waals surface area contributed by atoms with Crippen LogP contribution in [0.25, 0.3) is 0 Å². The normalized spacial score (nSPS) is 11.4. The third-order valence-electron chi connectivity index (χ3n) is 9.79. The van der Waals surface area contributed by atoms with Gasteiger partial charge in [0.25, 0.3) is 0 Å². The van der Waals surface area contributed by atoms with Crippen LogP contribution in [-0.2, 0) is 61.6 Å². The lowest BCUT2D eigenvalue weighted by molar-refractivity contribution is -0.147. The molecule has 0 saturated carbocycles. The van der Waals surface area contributed by atoms with Crippen molar-refractivity contribution in [3.63, 3.8) is 0 Å². The van der Waals surface area contributed by atoms with Crippen molar-refractivity contribution in [2.24, 2.45) is 0 Å². The predicted molar refractivity (Wildman–Crippen MR) is 417 cm³/mol. The van der Waals surface area contributed by atoms with E-state index in [9.17, 15) is 0 Å². The first-order valence-corrected chi connectivity index (χ1v) is 35.9. The summed E-state index contributed by atoms with van der Waals surface area (Å²) < 4.78 is 68.1. The van der Waals surface area contributed by atoms with Gasteiger partial charge in [-0.25, -0.2) is 0 Å². The number of rotatable bonds is 29. The molecule has 0 aromatic carbocycles. The summed E-state index contributed by atoms with van der Waals surface area (Å²) in [7, 11) is 4.90. The summed E-state index contributed by atoms with van der Waals surface area (Å²) in [6, 6.07) is 0. The van der Waals surface area contributed by atoms with Crippen molar-refractivity contribution >= 4 is 0 Å². The maximum atomic E-state index is 5.58. The number of hydrogen-bond donors (Lipinski definition) is 0.